The number of alkyl carbamates (subject to hydrolysis) is 1. The number of nitrogens with one attached hydrogen (secondary N) is 2. The second-order valence-corrected chi connectivity index (χ2v) is 5.05. The fourth-order valence-corrected chi connectivity index (χ4v) is 2.24. The van der Waals surface area contributed by atoms with Gasteiger partial charge in [-0.1, -0.05) is 6.92 Å². The average molecular weight is 329 g/mol. The van der Waals surface area contributed by atoms with E-state index < -0.39 is 48.5 Å². The number of hydrogen-bond acceptors (Lipinski definition) is 7. The second-order valence-electron chi connectivity index (χ2n) is 5.05. The van der Waals surface area contributed by atoms with Crippen LogP contribution in [0.1, 0.15) is 19.6 Å². The first-order valence-corrected chi connectivity index (χ1v) is 7.18. The van der Waals surface area contributed by atoms with Crippen LogP contribution in [0.3, 0.4) is 0 Å². The standard InChI is InChI=1S/C13H19N3O7/c1-2-4-14-13(21)23-10-9(19)7(6-17)22-11(10)16-5-3-8(18)15-12(16)20/h3,5,7,9-11,17,19H,2,4,6H2,1H3,(H,14,21)(H,15,18,20)/t7-,9-,10-,11-/m1/s1. The number of nitrogens with zero attached hydrogens (tertiary/aromatic N) is 1. The molecular weight excluding hydrogens is 310 g/mol. The molecule has 1 aliphatic rings. The smallest absolute Gasteiger partial charge is 0.407 e. The normalized spacial score (nSPS) is 26.9. The molecule has 1 aromatic rings. The van der Waals surface area contributed by atoms with Gasteiger partial charge in [0.1, 0.15) is 12.2 Å². The van der Waals surface area contributed by atoms with Crippen LogP contribution in [0.4, 0.5) is 4.79 Å². The number of carbonyl (C=O) groups is 1. The van der Waals surface area contributed by atoms with Crippen LogP contribution in [0.25, 0.3) is 0 Å². The van der Waals surface area contributed by atoms with Crippen LogP contribution in [0.5, 0.6) is 0 Å². The highest BCUT2D eigenvalue weighted by molar-refractivity contribution is 5.67. The van der Waals surface area contributed by atoms with E-state index >= 15 is 0 Å². The van der Waals surface area contributed by atoms with Crippen LogP contribution in [-0.2, 0) is 9.47 Å². The van der Waals surface area contributed by atoms with Gasteiger partial charge in [0.15, 0.2) is 12.3 Å². The molecule has 1 saturated heterocycles. The summed E-state index contributed by atoms with van der Waals surface area (Å²) in [5.41, 5.74) is -1.38. The number of aliphatic hydroxyl groups excluding tert-OH is 2. The van der Waals surface area contributed by atoms with E-state index in [1.165, 1.54) is 6.20 Å². The van der Waals surface area contributed by atoms with E-state index in [2.05, 4.69) is 5.32 Å². The third-order valence-electron chi connectivity index (χ3n) is 3.38. The molecule has 0 bridgehead atoms. The minimum atomic E-state index is -1.32. The van der Waals surface area contributed by atoms with Crippen LogP contribution < -0.4 is 16.6 Å². The minimum Gasteiger partial charge on any atom is -0.439 e. The Balaban J connectivity index is 2.25. The minimum absolute atomic E-state index is 0.384. The summed E-state index contributed by atoms with van der Waals surface area (Å²) in [6.07, 6.45) is -3.65. The van der Waals surface area contributed by atoms with E-state index in [1.54, 1.807) is 0 Å². The Hall–Kier alpha value is -2.17. The number of aromatic nitrogens is 2. The highest BCUT2D eigenvalue weighted by Gasteiger charge is 2.47. The molecule has 23 heavy (non-hydrogen) atoms. The van der Waals surface area contributed by atoms with Gasteiger partial charge >= 0.3 is 11.8 Å². The Morgan fingerprint density at radius 2 is 2.26 bits per heavy atom. The summed E-state index contributed by atoms with van der Waals surface area (Å²) >= 11 is 0. The summed E-state index contributed by atoms with van der Waals surface area (Å²) in [4.78, 5) is 36.7. The largest absolute Gasteiger partial charge is 0.439 e. The van der Waals surface area contributed by atoms with Crippen molar-refractivity contribution in [2.45, 2.75) is 37.9 Å². The summed E-state index contributed by atoms with van der Waals surface area (Å²) < 4.78 is 11.5. The number of H-pyrrole nitrogens is 1. The van der Waals surface area contributed by atoms with E-state index in [-0.39, 0.29) is 0 Å². The lowest BCUT2D eigenvalue weighted by molar-refractivity contribution is -0.0569. The number of rotatable bonds is 5. The van der Waals surface area contributed by atoms with Crippen molar-refractivity contribution in [2.24, 2.45) is 0 Å². The summed E-state index contributed by atoms with van der Waals surface area (Å²) in [7, 11) is 0. The van der Waals surface area contributed by atoms with Crippen LogP contribution in [0.2, 0.25) is 0 Å². The first kappa shape index (κ1) is 17.2. The summed E-state index contributed by atoms with van der Waals surface area (Å²) in [5.74, 6) is 0. The average Bonchev–Trinajstić information content (AvgIpc) is 2.82. The molecule has 4 N–H and O–H groups in total. The molecule has 128 valence electrons. The maximum absolute atomic E-state index is 11.9. The van der Waals surface area contributed by atoms with Crippen molar-refractivity contribution in [3.8, 4) is 0 Å². The zero-order valence-electron chi connectivity index (χ0n) is 12.5. The van der Waals surface area contributed by atoms with Crippen molar-refractivity contribution in [2.75, 3.05) is 13.2 Å². The topological polar surface area (TPSA) is 143 Å². The molecule has 4 atom stereocenters. The third-order valence-corrected chi connectivity index (χ3v) is 3.38. The van der Waals surface area contributed by atoms with Crippen LogP contribution >= 0.6 is 0 Å². The van der Waals surface area contributed by atoms with E-state index in [1.807, 2.05) is 11.9 Å². The molecule has 10 heteroatoms. The summed E-state index contributed by atoms with van der Waals surface area (Å²) in [6, 6.07) is 1.09. The highest BCUT2D eigenvalue weighted by Crippen LogP contribution is 2.30. The van der Waals surface area contributed by atoms with Gasteiger partial charge < -0.3 is 25.0 Å². The van der Waals surface area contributed by atoms with Crippen LogP contribution in [0.15, 0.2) is 21.9 Å². The molecule has 1 aliphatic heterocycles. The van der Waals surface area contributed by atoms with Gasteiger partial charge in [0, 0.05) is 18.8 Å². The quantitative estimate of drug-likeness (QED) is 0.504. The Labute approximate surface area is 130 Å². The Kier molecular flexibility index (Phi) is 5.53. The molecule has 0 aliphatic carbocycles. The maximum Gasteiger partial charge on any atom is 0.407 e. The highest BCUT2D eigenvalue weighted by atomic mass is 16.6. The lowest BCUT2D eigenvalue weighted by Gasteiger charge is -2.22. The number of carbonyl (C=O) groups excluding carboxylic acids is 1. The molecule has 0 aromatic carbocycles. The predicted molar refractivity (Wildman–Crippen MR) is 76.9 cm³/mol. The molecule has 0 saturated carbocycles. The first-order chi connectivity index (χ1) is 11.0. The molecule has 10 nitrogen and oxygen atoms in total. The fourth-order valence-electron chi connectivity index (χ4n) is 2.24. The van der Waals surface area contributed by atoms with Crippen LogP contribution in [0, 0.1) is 0 Å². The van der Waals surface area contributed by atoms with Crippen molar-refractivity contribution in [1.82, 2.24) is 14.9 Å². The van der Waals surface area contributed by atoms with Crippen molar-refractivity contribution in [3.63, 3.8) is 0 Å². The summed E-state index contributed by atoms with van der Waals surface area (Å²) in [5, 5.41) is 21.8. The Morgan fingerprint density at radius 3 is 2.87 bits per heavy atom. The van der Waals surface area contributed by atoms with E-state index in [9.17, 15) is 24.6 Å². The van der Waals surface area contributed by atoms with Gasteiger partial charge in [0.2, 0.25) is 0 Å². The van der Waals surface area contributed by atoms with Gasteiger partial charge in [-0.15, -0.1) is 0 Å². The number of aromatic amines is 1. The Morgan fingerprint density at radius 1 is 1.52 bits per heavy atom. The van der Waals surface area contributed by atoms with Crippen molar-refractivity contribution < 1.29 is 24.5 Å². The first-order valence-electron chi connectivity index (χ1n) is 7.18. The maximum atomic E-state index is 11.9. The Bertz CT molecular complexity index is 655. The van der Waals surface area contributed by atoms with Crippen molar-refractivity contribution >= 4 is 6.09 Å². The fraction of sp³-hybridized carbons (Fsp3) is 0.615. The molecule has 0 unspecified atom stereocenters. The molecule has 0 spiro atoms. The third kappa shape index (κ3) is 3.78. The molecule has 2 rings (SSSR count). The predicted octanol–water partition coefficient (Wildman–Crippen LogP) is -1.71. The number of aliphatic hydroxyl groups is 2. The number of ether oxygens (including phenoxy) is 2. The molecule has 0 radical (unpaired) electrons. The lowest BCUT2D eigenvalue weighted by Crippen LogP contribution is -2.42. The van der Waals surface area contributed by atoms with Gasteiger partial charge in [-0.05, 0) is 6.42 Å². The number of hydrogen-bond donors (Lipinski definition) is 4. The van der Waals surface area contributed by atoms with Crippen molar-refractivity contribution in [1.29, 1.82) is 0 Å². The van der Waals surface area contributed by atoms with E-state index in [0.717, 1.165) is 10.6 Å². The van der Waals surface area contributed by atoms with Crippen molar-refractivity contribution in [3.05, 3.63) is 33.1 Å². The van der Waals surface area contributed by atoms with Crippen LogP contribution in [-0.4, -0.2) is 57.3 Å². The molecular formula is C13H19N3O7. The van der Waals surface area contributed by atoms with Gasteiger partial charge in [0.25, 0.3) is 5.56 Å². The SMILES string of the molecule is CCCNC(=O)O[C@@H]1[C@H](O)[C@@H](CO)O[C@H]1n1ccc(=O)[nH]c1=O. The summed E-state index contributed by atoms with van der Waals surface area (Å²) in [6.45, 7) is 1.72. The van der Waals surface area contributed by atoms with Gasteiger partial charge in [-0.2, -0.15) is 0 Å². The molecule has 1 aromatic heterocycles. The van der Waals surface area contributed by atoms with Gasteiger partial charge in [0.05, 0.1) is 6.61 Å². The zero-order chi connectivity index (χ0) is 17.0. The molecule has 2 heterocycles. The number of amides is 1. The second kappa shape index (κ2) is 7.40. The van der Waals surface area contributed by atoms with E-state index in [4.69, 9.17) is 9.47 Å². The molecule has 1 amide bonds. The van der Waals surface area contributed by atoms with E-state index in [0.29, 0.717) is 13.0 Å². The van der Waals surface area contributed by atoms with Gasteiger partial charge in [-0.3, -0.25) is 14.3 Å². The molecule has 1 fully saturated rings. The monoisotopic (exact) mass is 329 g/mol. The zero-order valence-corrected chi connectivity index (χ0v) is 12.5. The lowest BCUT2D eigenvalue weighted by atomic mass is 10.1. The van der Waals surface area contributed by atoms with Gasteiger partial charge in [-0.25, -0.2) is 9.59 Å².